The van der Waals surface area contributed by atoms with Crippen molar-refractivity contribution in [1.29, 1.82) is 0 Å². The van der Waals surface area contributed by atoms with Crippen LogP contribution < -0.4 is 14.7 Å². The minimum atomic E-state index is -0.303. The quantitative estimate of drug-likeness (QED) is 0.288. The molecule has 0 fully saturated rings. The molecule has 0 atom stereocenters. The molecule has 0 aromatic heterocycles. The fourth-order valence-corrected chi connectivity index (χ4v) is 3.24. The standard InChI is InChI=1S/C17H24O4Si/c1-13(2)17(18)21-11-6-5-7-12-22-15-10-8-9-14(19-3)16(15)20-4/h8-10H,1,5-7,11-12H2,2-4H3. The van der Waals surface area contributed by atoms with Crippen LogP contribution in [0.3, 0.4) is 0 Å². The molecule has 1 aromatic rings. The maximum atomic E-state index is 11.2. The number of rotatable bonds is 10. The summed E-state index contributed by atoms with van der Waals surface area (Å²) in [5.41, 5.74) is 0.451. The molecular formula is C17H24O4Si. The summed E-state index contributed by atoms with van der Waals surface area (Å²) in [7, 11) is 4.00. The number of esters is 1. The van der Waals surface area contributed by atoms with Gasteiger partial charge in [0, 0.05) is 5.57 Å². The molecule has 0 aliphatic carbocycles. The van der Waals surface area contributed by atoms with E-state index in [1.165, 1.54) is 5.19 Å². The number of para-hydroxylation sites is 1. The van der Waals surface area contributed by atoms with Crippen LogP contribution in [0.1, 0.15) is 26.2 Å². The van der Waals surface area contributed by atoms with Gasteiger partial charge in [-0.1, -0.05) is 37.6 Å². The van der Waals surface area contributed by atoms with Crippen LogP contribution in [0.4, 0.5) is 0 Å². The van der Waals surface area contributed by atoms with E-state index in [2.05, 4.69) is 12.6 Å². The Morgan fingerprint density at radius 1 is 1.18 bits per heavy atom. The third kappa shape index (κ3) is 5.93. The molecule has 0 heterocycles. The van der Waals surface area contributed by atoms with Gasteiger partial charge in [-0.3, -0.25) is 0 Å². The number of methoxy groups -OCH3 is 2. The third-order valence-corrected chi connectivity index (χ3v) is 4.50. The fourth-order valence-electron chi connectivity index (χ4n) is 1.94. The van der Waals surface area contributed by atoms with Crippen LogP contribution in [0.25, 0.3) is 0 Å². The maximum absolute atomic E-state index is 11.2. The Kier molecular flexibility index (Phi) is 8.36. The van der Waals surface area contributed by atoms with Gasteiger partial charge in [0.1, 0.15) is 0 Å². The number of carbonyl (C=O) groups excluding carboxylic acids is 1. The summed E-state index contributed by atoms with van der Waals surface area (Å²) in [6.07, 6.45) is 3.03. The lowest BCUT2D eigenvalue weighted by atomic mass is 10.2. The average molecular weight is 320 g/mol. The Morgan fingerprint density at radius 3 is 2.59 bits per heavy atom. The van der Waals surface area contributed by atoms with Gasteiger partial charge < -0.3 is 14.2 Å². The molecule has 120 valence electrons. The van der Waals surface area contributed by atoms with E-state index in [1.54, 1.807) is 21.1 Å². The Hall–Kier alpha value is -1.75. The normalized spacial score (nSPS) is 10.1. The van der Waals surface area contributed by atoms with Crippen molar-refractivity contribution < 1.29 is 19.0 Å². The van der Waals surface area contributed by atoms with Gasteiger partial charge in [-0.15, -0.1) is 0 Å². The molecule has 5 heteroatoms. The van der Waals surface area contributed by atoms with Crippen LogP contribution in [-0.2, 0) is 9.53 Å². The van der Waals surface area contributed by atoms with Crippen molar-refractivity contribution in [3.05, 3.63) is 30.4 Å². The highest BCUT2D eigenvalue weighted by atomic mass is 28.2. The molecule has 0 aliphatic heterocycles. The predicted molar refractivity (Wildman–Crippen MR) is 89.4 cm³/mol. The van der Waals surface area contributed by atoms with E-state index in [4.69, 9.17) is 14.2 Å². The van der Waals surface area contributed by atoms with Gasteiger partial charge >= 0.3 is 5.97 Å². The lowest BCUT2D eigenvalue weighted by Gasteiger charge is -2.12. The topological polar surface area (TPSA) is 44.8 Å². The number of hydrogen-bond donors (Lipinski definition) is 0. The first kappa shape index (κ1) is 18.3. The molecule has 0 aliphatic rings. The van der Waals surface area contributed by atoms with Crippen LogP contribution >= 0.6 is 0 Å². The van der Waals surface area contributed by atoms with Crippen molar-refractivity contribution in [2.45, 2.75) is 32.2 Å². The van der Waals surface area contributed by atoms with Crippen molar-refractivity contribution in [3.8, 4) is 11.5 Å². The zero-order valence-corrected chi connectivity index (χ0v) is 14.6. The van der Waals surface area contributed by atoms with E-state index in [0.717, 1.165) is 36.8 Å². The maximum Gasteiger partial charge on any atom is 0.333 e. The first-order chi connectivity index (χ1) is 10.6. The second kappa shape index (κ2) is 10.1. The molecule has 0 amide bonds. The van der Waals surface area contributed by atoms with Gasteiger partial charge in [-0.25, -0.2) is 4.79 Å². The SMILES string of the molecule is C=C(C)C(=O)OCCCCC[Si]c1cccc(OC)c1OC. The fraction of sp³-hybridized carbons (Fsp3) is 0.471. The number of hydrogen-bond acceptors (Lipinski definition) is 4. The molecule has 0 saturated carbocycles. The molecule has 1 aromatic carbocycles. The number of carbonyl (C=O) groups is 1. The Bertz CT molecular complexity index is 499. The molecule has 0 spiro atoms. The van der Waals surface area contributed by atoms with E-state index in [-0.39, 0.29) is 5.97 Å². The third-order valence-electron chi connectivity index (χ3n) is 3.12. The van der Waals surface area contributed by atoms with Crippen molar-refractivity contribution in [2.75, 3.05) is 20.8 Å². The van der Waals surface area contributed by atoms with Gasteiger partial charge in [-0.05, 0) is 24.6 Å². The van der Waals surface area contributed by atoms with E-state index in [9.17, 15) is 4.79 Å². The van der Waals surface area contributed by atoms with Crippen molar-refractivity contribution >= 4 is 20.7 Å². The minimum absolute atomic E-state index is 0.303. The van der Waals surface area contributed by atoms with E-state index in [1.807, 2.05) is 12.1 Å². The predicted octanol–water partition coefficient (Wildman–Crippen LogP) is 2.74. The molecule has 22 heavy (non-hydrogen) atoms. The summed E-state index contributed by atoms with van der Waals surface area (Å²) in [4.78, 5) is 11.2. The summed E-state index contributed by atoms with van der Waals surface area (Å²) in [6.45, 7) is 5.68. The molecule has 1 rings (SSSR count). The second-order valence-corrected chi connectivity index (χ2v) is 6.34. The summed E-state index contributed by atoms with van der Waals surface area (Å²) < 4.78 is 15.8. The highest BCUT2D eigenvalue weighted by Gasteiger charge is 2.09. The number of benzene rings is 1. The number of unbranched alkanes of at least 4 members (excludes halogenated alkanes) is 2. The minimum Gasteiger partial charge on any atom is -0.493 e. The molecule has 0 unspecified atom stereocenters. The summed E-state index contributed by atoms with van der Waals surface area (Å²) in [5.74, 6) is 1.31. The van der Waals surface area contributed by atoms with E-state index >= 15 is 0 Å². The largest absolute Gasteiger partial charge is 0.493 e. The van der Waals surface area contributed by atoms with Gasteiger partial charge in [0.2, 0.25) is 0 Å². The van der Waals surface area contributed by atoms with Gasteiger partial charge in [0.05, 0.1) is 30.3 Å². The highest BCUT2D eigenvalue weighted by molar-refractivity contribution is 6.54. The summed E-state index contributed by atoms with van der Waals surface area (Å²) in [5, 5.41) is 1.19. The Balaban J connectivity index is 2.25. The van der Waals surface area contributed by atoms with Crippen LogP contribution in [0.15, 0.2) is 30.4 Å². The van der Waals surface area contributed by atoms with Crippen molar-refractivity contribution in [2.24, 2.45) is 0 Å². The van der Waals surface area contributed by atoms with Gasteiger partial charge in [-0.2, -0.15) is 0 Å². The monoisotopic (exact) mass is 320 g/mol. The molecule has 0 bridgehead atoms. The van der Waals surface area contributed by atoms with Crippen LogP contribution in [-0.4, -0.2) is 36.3 Å². The van der Waals surface area contributed by atoms with E-state index < -0.39 is 0 Å². The van der Waals surface area contributed by atoms with Crippen molar-refractivity contribution in [3.63, 3.8) is 0 Å². The molecule has 0 N–H and O–H groups in total. The average Bonchev–Trinajstić information content (AvgIpc) is 2.52. The van der Waals surface area contributed by atoms with Gasteiger partial charge in [0.25, 0.3) is 0 Å². The first-order valence-electron chi connectivity index (χ1n) is 7.37. The Morgan fingerprint density at radius 2 is 1.95 bits per heavy atom. The van der Waals surface area contributed by atoms with E-state index in [0.29, 0.717) is 21.7 Å². The zero-order valence-electron chi connectivity index (χ0n) is 13.6. The molecule has 2 radical (unpaired) electrons. The van der Waals surface area contributed by atoms with Gasteiger partial charge in [0.15, 0.2) is 11.5 Å². The smallest absolute Gasteiger partial charge is 0.333 e. The van der Waals surface area contributed by atoms with Crippen molar-refractivity contribution in [1.82, 2.24) is 0 Å². The Labute approximate surface area is 135 Å². The summed E-state index contributed by atoms with van der Waals surface area (Å²) >= 11 is 0. The highest BCUT2D eigenvalue weighted by Crippen LogP contribution is 2.23. The van der Waals surface area contributed by atoms with Crippen LogP contribution in [0, 0.1) is 0 Å². The lowest BCUT2D eigenvalue weighted by Crippen LogP contribution is -2.17. The zero-order chi connectivity index (χ0) is 16.4. The van der Waals surface area contributed by atoms with Crippen LogP contribution in [0.5, 0.6) is 11.5 Å². The summed E-state index contributed by atoms with van der Waals surface area (Å²) in [6, 6.07) is 7.07. The van der Waals surface area contributed by atoms with Crippen LogP contribution in [0.2, 0.25) is 6.04 Å². The lowest BCUT2D eigenvalue weighted by molar-refractivity contribution is -0.139. The number of ether oxygens (including phenoxy) is 3. The second-order valence-electron chi connectivity index (χ2n) is 4.94. The first-order valence-corrected chi connectivity index (χ1v) is 8.58. The molecule has 4 nitrogen and oxygen atoms in total. The molecule has 0 saturated heterocycles. The molecular weight excluding hydrogens is 296 g/mol.